The van der Waals surface area contributed by atoms with Crippen molar-refractivity contribution in [3.63, 3.8) is 0 Å². The molecule has 0 radical (unpaired) electrons. The van der Waals surface area contributed by atoms with Crippen LogP contribution in [0.1, 0.15) is 12.0 Å². The normalized spacial score (nSPS) is 10.8. The van der Waals surface area contributed by atoms with E-state index in [1.54, 1.807) is 36.4 Å². The summed E-state index contributed by atoms with van der Waals surface area (Å²) in [6.45, 7) is 0.155. The molecule has 1 heterocycles. The van der Waals surface area contributed by atoms with Crippen molar-refractivity contribution in [3.05, 3.63) is 64.2 Å². The number of thioether (sulfide) groups is 1. The molecule has 0 unspecified atom stereocenters. The molecule has 6 nitrogen and oxygen atoms in total. The molecule has 0 aliphatic heterocycles. The number of ether oxygens (including phenoxy) is 2. The number of halogens is 1. The van der Waals surface area contributed by atoms with E-state index in [1.165, 1.54) is 36.6 Å². The molecule has 0 saturated carbocycles. The van der Waals surface area contributed by atoms with Crippen LogP contribution in [0.5, 0.6) is 5.75 Å². The van der Waals surface area contributed by atoms with Gasteiger partial charge in [0, 0.05) is 12.3 Å². The fraction of sp³-hybridized carbons (Fsp3) is 0.250. The second-order valence-electron chi connectivity index (χ2n) is 5.95. The summed E-state index contributed by atoms with van der Waals surface area (Å²) >= 11 is 1.30. The Hall–Kier alpha value is -2.87. The van der Waals surface area contributed by atoms with Crippen LogP contribution >= 0.6 is 11.8 Å². The largest absolute Gasteiger partial charge is 0.494 e. The number of benzene rings is 2. The van der Waals surface area contributed by atoms with Gasteiger partial charge in [0.15, 0.2) is 16.7 Å². The lowest BCUT2D eigenvalue weighted by molar-refractivity contribution is -0.140. The first-order valence-electron chi connectivity index (χ1n) is 8.55. The molecule has 1 aromatic heterocycles. The first-order chi connectivity index (χ1) is 13.5. The van der Waals surface area contributed by atoms with Crippen molar-refractivity contribution in [1.82, 2.24) is 9.55 Å². The summed E-state index contributed by atoms with van der Waals surface area (Å²) in [6.07, 6.45) is 0.0567. The SMILES string of the molecule is COC(=O)CCn1c(SCc2ccc(OC)c(F)c2)nc2ccccc2c1=O. The van der Waals surface area contributed by atoms with Crippen molar-refractivity contribution in [3.8, 4) is 5.75 Å². The summed E-state index contributed by atoms with van der Waals surface area (Å²) in [6, 6.07) is 11.7. The maximum atomic E-state index is 13.9. The Morgan fingerprint density at radius 1 is 1.21 bits per heavy atom. The third-order valence-corrected chi connectivity index (χ3v) is 5.23. The Balaban J connectivity index is 1.92. The number of carbonyl (C=O) groups is 1. The third-order valence-electron chi connectivity index (χ3n) is 4.18. The molecule has 0 aliphatic carbocycles. The molecule has 2 aromatic carbocycles. The van der Waals surface area contributed by atoms with Crippen molar-refractivity contribution in [2.75, 3.05) is 14.2 Å². The predicted octanol–water partition coefficient (Wildman–Crippen LogP) is 3.40. The molecular formula is C20H19FN2O4S. The number of esters is 1. The van der Waals surface area contributed by atoms with E-state index in [9.17, 15) is 14.0 Å². The van der Waals surface area contributed by atoms with E-state index in [-0.39, 0.29) is 24.3 Å². The Bertz CT molecular complexity index is 1070. The molecule has 28 heavy (non-hydrogen) atoms. The van der Waals surface area contributed by atoms with Gasteiger partial charge in [0.2, 0.25) is 0 Å². The lowest BCUT2D eigenvalue weighted by atomic mass is 10.2. The molecule has 3 aromatic rings. The topological polar surface area (TPSA) is 70.4 Å². The minimum Gasteiger partial charge on any atom is -0.494 e. The first-order valence-corrected chi connectivity index (χ1v) is 9.53. The Kier molecular flexibility index (Phi) is 6.30. The average molecular weight is 402 g/mol. The lowest BCUT2D eigenvalue weighted by Gasteiger charge is -2.13. The lowest BCUT2D eigenvalue weighted by Crippen LogP contribution is -2.24. The quantitative estimate of drug-likeness (QED) is 0.343. The van der Waals surface area contributed by atoms with Gasteiger partial charge < -0.3 is 9.47 Å². The van der Waals surface area contributed by atoms with E-state index in [4.69, 9.17) is 4.74 Å². The highest BCUT2D eigenvalue weighted by Gasteiger charge is 2.14. The number of fused-ring (bicyclic) bond motifs is 1. The Morgan fingerprint density at radius 3 is 2.71 bits per heavy atom. The van der Waals surface area contributed by atoms with Gasteiger partial charge in [0.1, 0.15) is 0 Å². The Morgan fingerprint density at radius 2 is 2.00 bits per heavy atom. The van der Waals surface area contributed by atoms with Gasteiger partial charge in [0.05, 0.1) is 31.5 Å². The highest BCUT2D eigenvalue weighted by atomic mass is 32.2. The summed E-state index contributed by atoms with van der Waals surface area (Å²) in [5.74, 6) is -0.278. The van der Waals surface area contributed by atoms with Crippen LogP contribution in [0.25, 0.3) is 10.9 Å². The fourth-order valence-corrected chi connectivity index (χ4v) is 3.68. The van der Waals surface area contributed by atoms with Crippen molar-refractivity contribution < 1.29 is 18.7 Å². The van der Waals surface area contributed by atoms with Crippen LogP contribution in [0, 0.1) is 5.82 Å². The van der Waals surface area contributed by atoms with E-state index in [0.717, 1.165) is 5.56 Å². The number of hydrogen-bond acceptors (Lipinski definition) is 6. The van der Waals surface area contributed by atoms with Gasteiger partial charge >= 0.3 is 5.97 Å². The van der Waals surface area contributed by atoms with Gasteiger partial charge in [-0.25, -0.2) is 9.37 Å². The molecular weight excluding hydrogens is 383 g/mol. The smallest absolute Gasteiger partial charge is 0.307 e. The van der Waals surface area contributed by atoms with Gasteiger partial charge in [-0.1, -0.05) is 30.0 Å². The number of para-hydroxylation sites is 1. The molecule has 0 amide bonds. The van der Waals surface area contributed by atoms with E-state index in [1.807, 2.05) is 0 Å². The summed E-state index contributed by atoms with van der Waals surface area (Å²) in [4.78, 5) is 29.0. The van der Waals surface area contributed by atoms with Gasteiger partial charge in [0.25, 0.3) is 5.56 Å². The summed E-state index contributed by atoms with van der Waals surface area (Å²) in [7, 11) is 2.71. The van der Waals surface area contributed by atoms with Crippen molar-refractivity contribution in [1.29, 1.82) is 0 Å². The van der Waals surface area contributed by atoms with Crippen LogP contribution in [0.15, 0.2) is 52.4 Å². The van der Waals surface area contributed by atoms with Crippen molar-refractivity contribution in [2.45, 2.75) is 23.9 Å². The van der Waals surface area contributed by atoms with Crippen molar-refractivity contribution in [2.24, 2.45) is 0 Å². The zero-order valence-corrected chi connectivity index (χ0v) is 16.3. The van der Waals surface area contributed by atoms with Crippen LogP contribution in [-0.2, 0) is 21.8 Å². The fourth-order valence-electron chi connectivity index (χ4n) is 2.71. The first kappa shape index (κ1) is 19.9. The zero-order valence-electron chi connectivity index (χ0n) is 15.5. The minimum atomic E-state index is -0.449. The van der Waals surface area contributed by atoms with Gasteiger partial charge in [-0.15, -0.1) is 0 Å². The molecule has 0 saturated heterocycles. The minimum absolute atomic E-state index is 0.0567. The molecule has 146 valence electrons. The van der Waals surface area contributed by atoms with Gasteiger partial charge in [-0.2, -0.15) is 0 Å². The zero-order chi connectivity index (χ0) is 20.1. The van der Waals surface area contributed by atoms with Crippen molar-refractivity contribution >= 4 is 28.6 Å². The van der Waals surface area contributed by atoms with E-state index < -0.39 is 11.8 Å². The summed E-state index contributed by atoms with van der Waals surface area (Å²) < 4.78 is 25.0. The second-order valence-corrected chi connectivity index (χ2v) is 6.89. The molecule has 0 fully saturated rings. The molecule has 3 rings (SSSR count). The maximum absolute atomic E-state index is 13.9. The van der Waals surface area contributed by atoms with Gasteiger partial charge in [-0.05, 0) is 29.8 Å². The second kappa shape index (κ2) is 8.88. The highest BCUT2D eigenvalue weighted by Crippen LogP contribution is 2.25. The third kappa shape index (κ3) is 4.33. The molecule has 0 atom stereocenters. The number of nitrogens with zero attached hydrogens (tertiary/aromatic N) is 2. The van der Waals surface area contributed by atoms with E-state index in [0.29, 0.717) is 21.8 Å². The van der Waals surface area contributed by atoms with Crippen LogP contribution in [0.4, 0.5) is 4.39 Å². The number of hydrogen-bond donors (Lipinski definition) is 0. The monoisotopic (exact) mass is 402 g/mol. The van der Waals surface area contributed by atoms with Crippen LogP contribution < -0.4 is 10.3 Å². The summed E-state index contributed by atoms with van der Waals surface area (Å²) in [5.41, 5.74) is 1.08. The molecule has 0 bridgehead atoms. The van der Waals surface area contributed by atoms with E-state index >= 15 is 0 Å². The number of methoxy groups -OCH3 is 2. The highest BCUT2D eigenvalue weighted by molar-refractivity contribution is 7.98. The van der Waals surface area contributed by atoms with Crippen LogP contribution in [0.2, 0.25) is 0 Å². The summed E-state index contributed by atoms with van der Waals surface area (Å²) in [5, 5.41) is 0.941. The molecule has 8 heteroatoms. The number of aromatic nitrogens is 2. The van der Waals surface area contributed by atoms with Gasteiger partial charge in [-0.3, -0.25) is 14.2 Å². The van der Waals surface area contributed by atoms with Crippen LogP contribution in [0.3, 0.4) is 0 Å². The molecule has 0 spiro atoms. The average Bonchev–Trinajstić information content (AvgIpc) is 2.71. The maximum Gasteiger partial charge on any atom is 0.307 e. The van der Waals surface area contributed by atoms with E-state index in [2.05, 4.69) is 9.72 Å². The number of rotatable bonds is 7. The Labute approximate surface area is 165 Å². The molecule has 0 aliphatic rings. The molecule has 0 N–H and O–H groups in total. The standard InChI is InChI=1S/C20H19FN2O4S/c1-26-17-8-7-13(11-15(17)21)12-28-20-22-16-6-4-3-5-14(16)19(25)23(20)10-9-18(24)27-2/h3-8,11H,9-10,12H2,1-2H3. The number of carbonyl (C=O) groups excluding carboxylic acids is 1. The predicted molar refractivity (Wildman–Crippen MR) is 105 cm³/mol. The van der Waals surface area contributed by atoms with Crippen LogP contribution in [-0.4, -0.2) is 29.7 Å².